The Kier molecular flexibility index (Phi) is 12.5. The van der Waals surface area contributed by atoms with Crippen molar-refractivity contribution in [3.63, 3.8) is 0 Å². The zero-order valence-corrected chi connectivity index (χ0v) is 26.8. The van der Waals surface area contributed by atoms with E-state index in [2.05, 4.69) is 28.7 Å². The number of carbonyl (C=O) groups is 4. The van der Waals surface area contributed by atoms with Crippen molar-refractivity contribution in [3.05, 3.63) is 96.1 Å². The summed E-state index contributed by atoms with van der Waals surface area (Å²) in [5, 5.41) is 0. The molecule has 0 radical (unpaired) electrons. The van der Waals surface area contributed by atoms with Gasteiger partial charge in [0.1, 0.15) is 29.5 Å². The zero-order chi connectivity index (χ0) is 33.1. The van der Waals surface area contributed by atoms with E-state index >= 15 is 0 Å². The lowest BCUT2D eigenvalue weighted by molar-refractivity contribution is -0.141. The number of hydrogen-bond acceptors (Lipinski definition) is 8. The molecule has 2 aromatic carbocycles. The lowest BCUT2D eigenvalue weighted by Crippen LogP contribution is -2.15. The van der Waals surface area contributed by atoms with Gasteiger partial charge in [0.2, 0.25) is 0 Å². The van der Waals surface area contributed by atoms with E-state index in [1.807, 2.05) is 48.6 Å². The Morgan fingerprint density at radius 3 is 2.24 bits per heavy atom. The summed E-state index contributed by atoms with van der Waals surface area (Å²) in [6.07, 6.45) is 11.1. The maximum absolute atomic E-state index is 12.2. The van der Waals surface area contributed by atoms with Gasteiger partial charge in [0.15, 0.2) is 5.78 Å². The number of carbonyl (C=O) groups excluding carboxylic acids is 4. The molecule has 1 heterocycles. The Bertz CT molecular complexity index is 1470. The summed E-state index contributed by atoms with van der Waals surface area (Å²) in [6, 6.07) is 13.9. The number of rotatable bonds is 14. The van der Waals surface area contributed by atoms with Crippen LogP contribution in [0.3, 0.4) is 0 Å². The Labute approximate surface area is 271 Å². The number of esters is 2. The van der Waals surface area contributed by atoms with Crippen LogP contribution in [-0.2, 0) is 41.5 Å². The fourth-order valence-electron chi connectivity index (χ4n) is 6.43. The molecule has 1 saturated carbocycles. The average molecular weight is 629 g/mol. The predicted molar refractivity (Wildman–Crippen MR) is 175 cm³/mol. The van der Waals surface area contributed by atoms with Crippen LogP contribution in [0.2, 0.25) is 0 Å². The quantitative estimate of drug-likeness (QED) is 0.170. The van der Waals surface area contributed by atoms with Gasteiger partial charge < -0.3 is 18.9 Å². The van der Waals surface area contributed by atoms with Gasteiger partial charge in [-0.1, -0.05) is 48.6 Å². The number of fused-ring (bicyclic) bond motifs is 3. The van der Waals surface area contributed by atoms with Gasteiger partial charge in [-0.05, 0) is 67.4 Å². The Balaban J connectivity index is 0.000000209. The minimum Gasteiger partial charge on any atom is -0.489 e. The van der Waals surface area contributed by atoms with Gasteiger partial charge in [-0.15, -0.1) is 13.2 Å². The number of methoxy groups -OCH3 is 2. The second-order valence-corrected chi connectivity index (χ2v) is 11.8. The number of ketones is 2. The van der Waals surface area contributed by atoms with Crippen molar-refractivity contribution in [2.24, 2.45) is 5.92 Å². The molecule has 4 atom stereocenters. The number of ether oxygens (including phenoxy) is 4. The van der Waals surface area contributed by atoms with Gasteiger partial charge in [-0.25, -0.2) is 0 Å². The smallest absolute Gasteiger partial charge is 0.305 e. The van der Waals surface area contributed by atoms with Crippen LogP contribution in [0.1, 0.15) is 74.0 Å². The van der Waals surface area contributed by atoms with E-state index in [0.717, 1.165) is 53.0 Å². The van der Waals surface area contributed by atoms with Crippen molar-refractivity contribution in [1.82, 2.24) is 0 Å². The van der Waals surface area contributed by atoms with Crippen molar-refractivity contribution in [1.29, 1.82) is 0 Å². The molecule has 2 aliphatic carbocycles. The molecule has 2 aromatic rings. The van der Waals surface area contributed by atoms with E-state index < -0.39 is 0 Å². The van der Waals surface area contributed by atoms with Gasteiger partial charge >= 0.3 is 11.9 Å². The monoisotopic (exact) mass is 628 g/mol. The van der Waals surface area contributed by atoms with E-state index in [4.69, 9.17) is 9.47 Å². The third-order valence-electron chi connectivity index (χ3n) is 8.68. The second kappa shape index (κ2) is 16.7. The highest BCUT2D eigenvalue weighted by Gasteiger charge is 2.49. The topological polar surface area (TPSA) is 105 Å². The van der Waals surface area contributed by atoms with Gasteiger partial charge in [0, 0.05) is 36.7 Å². The van der Waals surface area contributed by atoms with Crippen LogP contribution in [0.4, 0.5) is 0 Å². The molecule has 0 N–H and O–H groups in total. The summed E-state index contributed by atoms with van der Waals surface area (Å²) in [7, 11) is 2.80. The molecule has 0 unspecified atom stereocenters. The maximum atomic E-state index is 12.2. The van der Waals surface area contributed by atoms with Crippen molar-refractivity contribution in [2.75, 3.05) is 14.2 Å². The van der Waals surface area contributed by atoms with Crippen LogP contribution >= 0.6 is 0 Å². The molecule has 3 aliphatic rings. The van der Waals surface area contributed by atoms with Crippen LogP contribution in [0.15, 0.2) is 79.4 Å². The largest absolute Gasteiger partial charge is 0.489 e. The number of hydrogen-bond donors (Lipinski definition) is 0. The van der Waals surface area contributed by atoms with Crippen LogP contribution in [0.25, 0.3) is 0 Å². The Hall–Kier alpha value is -4.46. The minimum atomic E-state index is -0.223. The lowest BCUT2D eigenvalue weighted by atomic mass is 9.85. The van der Waals surface area contributed by atoms with Gasteiger partial charge in [0.25, 0.3) is 0 Å². The van der Waals surface area contributed by atoms with Crippen LogP contribution in [0.5, 0.6) is 11.5 Å². The van der Waals surface area contributed by atoms with E-state index in [1.54, 1.807) is 6.08 Å². The SMILES string of the molecule is C=CCC1=C[C@@H](Oc2ccccc2CCCC(=O)OC)CC1=O.C=CC[C@H]1C(=O)C[C@@H]2Oc3c(CCCC(=O)OC)cccc3[C@@H]21. The molecule has 46 heavy (non-hydrogen) atoms. The minimum absolute atomic E-state index is 0.0101. The highest BCUT2D eigenvalue weighted by atomic mass is 16.5. The molecule has 0 saturated heterocycles. The third kappa shape index (κ3) is 8.62. The van der Waals surface area contributed by atoms with Crippen LogP contribution in [0, 0.1) is 5.92 Å². The summed E-state index contributed by atoms with van der Waals surface area (Å²) in [6.45, 7) is 7.44. The standard InChI is InChI=1S/2C19H22O4/c1-3-6-13-15(20)11-16-18(13)14-9-4-7-12(19(14)23-16)8-5-10-17(21)22-2;1-3-7-15-12-16(13-17(15)20)23-18-10-5-4-8-14(18)9-6-11-19(21)22-2/h3-4,7,9,13,16,18H,1,5-6,8,10-11H2,2H3;3-5,8,10,12,16H,1,6-7,9,11,13H2,2H3/t13-,16-,18-;16-/m01/s1. The predicted octanol–water partition coefficient (Wildman–Crippen LogP) is 6.60. The van der Waals surface area contributed by atoms with Crippen molar-refractivity contribution < 1.29 is 38.1 Å². The number of benzene rings is 2. The normalized spacial score (nSPS) is 20.8. The lowest BCUT2D eigenvalue weighted by Gasteiger charge is -2.15. The van der Waals surface area contributed by atoms with Crippen molar-refractivity contribution >= 4 is 23.5 Å². The van der Waals surface area contributed by atoms with Gasteiger partial charge in [-0.2, -0.15) is 0 Å². The average Bonchev–Trinajstić information content (AvgIpc) is 3.69. The molecule has 1 aliphatic heterocycles. The van der Waals surface area contributed by atoms with Crippen molar-refractivity contribution in [2.45, 2.75) is 82.3 Å². The van der Waals surface area contributed by atoms with Crippen molar-refractivity contribution in [3.8, 4) is 11.5 Å². The van der Waals surface area contributed by atoms with E-state index in [-0.39, 0.29) is 47.5 Å². The summed E-state index contributed by atoms with van der Waals surface area (Å²) < 4.78 is 21.4. The zero-order valence-electron chi connectivity index (χ0n) is 26.8. The molecule has 8 heteroatoms. The summed E-state index contributed by atoms with van der Waals surface area (Å²) >= 11 is 0. The molecule has 244 valence electrons. The summed E-state index contributed by atoms with van der Waals surface area (Å²) in [4.78, 5) is 46.5. The van der Waals surface area contributed by atoms with Gasteiger partial charge in [-0.3, -0.25) is 19.2 Å². The molecule has 0 aromatic heterocycles. The third-order valence-corrected chi connectivity index (χ3v) is 8.68. The molecule has 0 bridgehead atoms. The first-order valence-electron chi connectivity index (χ1n) is 15.9. The number of aryl methyl sites for hydroxylation is 2. The number of Topliss-reactive ketones (excluding diaryl/α,β-unsaturated/α-hetero) is 2. The molecule has 1 fully saturated rings. The number of para-hydroxylation sites is 2. The first kappa shape index (κ1) is 34.4. The Morgan fingerprint density at radius 2 is 1.57 bits per heavy atom. The second-order valence-electron chi connectivity index (χ2n) is 11.8. The fourth-order valence-corrected chi connectivity index (χ4v) is 6.43. The first-order chi connectivity index (χ1) is 22.3. The highest BCUT2D eigenvalue weighted by molar-refractivity contribution is 5.98. The molecule has 5 rings (SSSR count). The molecular weight excluding hydrogens is 584 g/mol. The molecule has 0 amide bonds. The van der Waals surface area contributed by atoms with E-state index in [1.165, 1.54) is 14.2 Å². The first-order valence-corrected chi connectivity index (χ1v) is 15.9. The van der Waals surface area contributed by atoms with Crippen LogP contribution < -0.4 is 9.47 Å². The van der Waals surface area contributed by atoms with E-state index in [0.29, 0.717) is 44.9 Å². The van der Waals surface area contributed by atoms with Crippen LogP contribution in [-0.4, -0.2) is 49.9 Å². The fraction of sp³-hybridized carbons (Fsp3) is 0.421. The number of allylic oxidation sites excluding steroid dienone is 3. The Morgan fingerprint density at radius 1 is 0.891 bits per heavy atom. The highest BCUT2D eigenvalue weighted by Crippen LogP contribution is 2.51. The molecular formula is C38H44O8. The van der Waals surface area contributed by atoms with Gasteiger partial charge in [0.05, 0.1) is 20.6 Å². The van der Waals surface area contributed by atoms with E-state index in [9.17, 15) is 19.2 Å². The molecule has 8 nitrogen and oxygen atoms in total. The summed E-state index contributed by atoms with van der Waals surface area (Å²) in [5.41, 5.74) is 4.07. The maximum Gasteiger partial charge on any atom is 0.305 e. The summed E-state index contributed by atoms with van der Waals surface area (Å²) in [5.74, 6) is 1.84. The molecule has 0 spiro atoms.